The number of aryl methyl sites for hydroxylation is 1. The van der Waals surface area contributed by atoms with Gasteiger partial charge in [-0.1, -0.05) is 12.1 Å². The fraction of sp³-hybridized carbons (Fsp3) is 0.500. The van der Waals surface area contributed by atoms with Gasteiger partial charge in [-0.3, -0.25) is 4.79 Å². The van der Waals surface area contributed by atoms with Crippen LogP contribution in [0.4, 0.5) is 0 Å². The molecule has 18 heavy (non-hydrogen) atoms. The van der Waals surface area contributed by atoms with Gasteiger partial charge in [0.15, 0.2) is 0 Å². The molecule has 1 fully saturated rings. The minimum absolute atomic E-state index is 0.149. The molecule has 1 heterocycles. The normalized spacial score (nSPS) is 17.3. The van der Waals surface area contributed by atoms with E-state index in [9.17, 15) is 4.79 Å². The molecule has 0 bridgehead atoms. The zero-order valence-corrected chi connectivity index (χ0v) is 10.6. The summed E-state index contributed by atoms with van der Waals surface area (Å²) in [7, 11) is 0. The largest absolute Gasteiger partial charge is 0.491 e. The Labute approximate surface area is 107 Å². The van der Waals surface area contributed by atoms with Crippen molar-refractivity contribution < 1.29 is 19.0 Å². The van der Waals surface area contributed by atoms with E-state index in [1.54, 1.807) is 0 Å². The van der Waals surface area contributed by atoms with E-state index in [-0.39, 0.29) is 12.1 Å². The molecule has 1 atom stereocenters. The lowest BCUT2D eigenvalue weighted by Crippen LogP contribution is -2.05. The van der Waals surface area contributed by atoms with Crippen molar-refractivity contribution in [2.75, 3.05) is 19.8 Å². The standard InChI is InChI=1S/C14H18O4/c1-2-16-14(15)8-5-11-3-6-12(7-4-11)17-9-13-10-18-13/h3-4,6-7,13H,2,5,8-10H2,1H3/t13-/m0/s1. The topological polar surface area (TPSA) is 48.1 Å². The zero-order valence-electron chi connectivity index (χ0n) is 10.6. The second-order valence-corrected chi connectivity index (χ2v) is 4.22. The number of carbonyl (C=O) groups excluding carboxylic acids is 1. The van der Waals surface area contributed by atoms with E-state index in [1.807, 2.05) is 31.2 Å². The zero-order chi connectivity index (χ0) is 12.8. The van der Waals surface area contributed by atoms with Crippen molar-refractivity contribution >= 4 is 5.97 Å². The van der Waals surface area contributed by atoms with Crippen molar-refractivity contribution in [1.29, 1.82) is 0 Å². The van der Waals surface area contributed by atoms with Crippen molar-refractivity contribution in [1.82, 2.24) is 0 Å². The molecule has 1 aliphatic rings. The lowest BCUT2D eigenvalue weighted by molar-refractivity contribution is -0.143. The summed E-state index contributed by atoms with van der Waals surface area (Å²) in [5, 5.41) is 0. The van der Waals surface area contributed by atoms with Crippen molar-refractivity contribution in [2.24, 2.45) is 0 Å². The Morgan fingerprint density at radius 1 is 1.39 bits per heavy atom. The van der Waals surface area contributed by atoms with Gasteiger partial charge < -0.3 is 14.2 Å². The Morgan fingerprint density at radius 3 is 2.72 bits per heavy atom. The first-order chi connectivity index (χ1) is 8.78. The Balaban J connectivity index is 1.73. The highest BCUT2D eigenvalue weighted by Gasteiger charge is 2.22. The summed E-state index contributed by atoms with van der Waals surface area (Å²) in [5.41, 5.74) is 1.11. The molecule has 1 aromatic carbocycles. The molecule has 0 spiro atoms. The van der Waals surface area contributed by atoms with Gasteiger partial charge in [0, 0.05) is 6.42 Å². The quantitative estimate of drug-likeness (QED) is 0.548. The third-order valence-corrected chi connectivity index (χ3v) is 2.68. The van der Waals surface area contributed by atoms with Gasteiger partial charge in [-0.25, -0.2) is 0 Å². The summed E-state index contributed by atoms with van der Waals surface area (Å²) in [4.78, 5) is 11.2. The molecule has 1 saturated heterocycles. The van der Waals surface area contributed by atoms with E-state index in [2.05, 4.69) is 0 Å². The van der Waals surface area contributed by atoms with Crippen LogP contribution < -0.4 is 4.74 Å². The molecule has 98 valence electrons. The van der Waals surface area contributed by atoms with Gasteiger partial charge in [0.05, 0.1) is 13.2 Å². The molecule has 0 radical (unpaired) electrons. The van der Waals surface area contributed by atoms with Crippen LogP contribution in [0.1, 0.15) is 18.9 Å². The number of hydrogen-bond acceptors (Lipinski definition) is 4. The van der Waals surface area contributed by atoms with Gasteiger partial charge in [-0.15, -0.1) is 0 Å². The Hall–Kier alpha value is -1.55. The van der Waals surface area contributed by atoms with Crippen LogP contribution in [0.25, 0.3) is 0 Å². The molecule has 4 heteroatoms. The van der Waals surface area contributed by atoms with Gasteiger partial charge >= 0.3 is 5.97 Å². The fourth-order valence-electron chi connectivity index (χ4n) is 1.59. The van der Waals surface area contributed by atoms with Gasteiger partial charge in [-0.2, -0.15) is 0 Å². The molecular weight excluding hydrogens is 232 g/mol. The van der Waals surface area contributed by atoms with Crippen molar-refractivity contribution in [3.8, 4) is 5.75 Å². The summed E-state index contributed by atoms with van der Waals surface area (Å²) >= 11 is 0. The van der Waals surface area contributed by atoms with Crippen LogP contribution >= 0.6 is 0 Å². The second kappa shape index (κ2) is 6.40. The Kier molecular flexibility index (Phi) is 4.59. The molecule has 0 aliphatic carbocycles. The SMILES string of the molecule is CCOC(=O)CCc1ccc(OC[C@H]2CO2)cc1. The lowest BCUT2D eigenvalue weighted by Gasteiger charge is -2.06. The molecule has 0 saturated carbocycles. The molecular formula is C14H18O4. The van der Waals surface area contributed by atoms with E-state index in [4.69, 9.17) is 14.2 Å². The monoisotopic (exact) mass is 250 g/mol. The van der Waals surface area contributed by atoms with Crippen LogP contribution in [0.2, 0.25) is 0 Å². The van der Waals surface area contributed by atoms with E-state index < -0.39 is 0 Å². The minimum Gasteiger partial charge on any atom is -0.491 e. The van der Waals surface area contributed by atoms with Gasteiger partial charge in [0.2, 0.25) is 0 Å². The highest BCUT2D eigenvalue weighted by Crippen LogP contribution is 2.16. The number of esters is 1. The van der Waals surface area contributed by atoms with Crippen LogP contribution in [0, 0.1) is 0 Å². The molecule has 0 N–H and O–H groups in total. The number of hydrogen-bond donors (Lipinski definition) is 0. The maximum Gasteiger partial charge on any atom is 0.306 e. The number of epoxide rings is 1. The number of ether oxygens (including phenoxy) is 3. The van der Waals surface area contributed by atoms with Crippen molar-refractivity contribution in [3.63, 3.8) is 0 Å². The fourth-order valence-corrected chi connectivity index (χ4v) is 1.59. The lowest BCUT2D eigenvalue weighted by atomic mass is 10.1. The summed E-state index contributed by atoms with van der Waals surface area (Å²) in [6.45, 7) is 3.67. The average molecular weight is 250 g/mol. The molecule has 0 unspecified atom stereocenters. The molecule has 1 aromatic rings. The Morgan fingerprint density at radius 2 is 2.11 bits per heavy atom. The number of benzene rings is 1. The van der Waals surface area contributed by atoms with Gasteiger partial charge in [0.1, 0.15) is 18.5 Å². The van der Waals surface area contributed by atoms with Gasteiger partial charge in [0.25, 0.3) is 0 Å². The molecule has 2 rings (SSSR count). The van der Waals surface area contributed by atoms with Crippen molar-refractivity contribution in [3.05, 3.63) is 29.8 Å². The van der Waals surface area contributed by atoms with E-state index in [1.165, 1.54) is 0 Å². The summed E-state index contributed by atoms with van der Waals surface area (Å²) in [6, 6.07) is 7.79. The van der Waals surface area contributed by atoms with Crippen LogP contribution in [0.5, 0.6) is 5.75 Å². The third kappa shape index (κ3) is 4.37. The summed E-state index contributed by atoms with van der Waals surface area (Å²) < 4.78 is 15.5. The van der Waals surface area contributed by atoms with E-state index in [0.29, 0.717) is 26.1 Å². The first-order valence-corrected chi connectivity index (χ1v) is 6.27. The molecule has 0 amide bonds. The molecule has 4 nitrogen and oxygen atoms in total. The minimum atomic E-state index is -0.149. The van der Waals surface area contributed by atoms with Gasteiger partial charge in [-0.05, 0) is 31.0 Å². The maximum atomic E-state index is 11.2. The molecule has 0 aromatic heterocycles. The van der Waals surface area contributed by atoms with E-state index in [0.717, 1.165) is 17.9 Å². The molecule has 1 aliphatic heterocycles. The van der Waals surface area contributed by atoms with Crippen LogP contribution in [-0.4, -0.2) is 31.9 Å². The highest BCUT2D eigenvalue weighted by molar-refractivity contribution is 5.69. The van der Waals surface area contributed by atoms with Crippen LogP contribution in [0.3, 0.4) is 0 Å². The first kappa shape index (κ1) is 12.9. The predicted molar refractivity (Wildman–Crippen MR) is 66.6 cm³/mol. The maximum absolute atomic E-state index is 11.2. The summed E-state index contributed by atoms with van der Waals surface area (Å²) in [6.07, 6.45) is 1.39. The number of rotatable bonds is 7. The summed E-state index contributed by atoms with van der Waals surface area (Å²) in [5.74, 6) is 0.689. The van der Waals surface area contributed by atoms with Crippen LogP contribution in [-0.2, 0) is 20.7 Å². The Bertz CT molecular complexity index is 381. The second-order valence-electron chi connectivity index (χ2n) is 4.22. The van der Waals surface area contributed by atoms with E-state index >= 15 is 0 Å². The highest BCUT2D eigenvalue weighted by atomic mass is 16.6. The van der Waals surface area contributed by atoms with Crippen molar-refractivity contribution in [2.45, 2.75) is 25.9 Å². The average Bonchev–Trinajstić information content (AvgIpc) is 3.19. The smallest absolute Gasteiger partial charge is 0.306 e. The number of carbonyl (C=O) groups is 1. The third-order valence-electron chi connectivity index (χ3n) is 2.68. The predicted octanol–water partition coefficient (Wildman–Crippen LogP) is 1.96. The van der Waals surface area contributed by atoms with Crippen LogP contribution in [0.15, 0.2) is 24.3 Å². The first-order valence-electron chi connectivity index (χ1n) is 6.27.